The molecule has 1 heterocycles. The standard InChI is InChI=1S/C23H16FNO3/c1-14-2-4-15(5-3-14)22-13-20(26)19-12-18(10-11-21(19)28-22)25-23(27)16-6-8-17(24)9-7-16/h2-13H,1H3,(H,25,27). The van der Waals surface area contributed by atoms with Gasteiger partial charge < -0.3 is 9.73 Å². The van der Waals surface area contributed by atoms with Crippen molar-refractivity contribution in [2.45, 2.75) is 6.92 Å². The number of fused-ring (bicyclic) bond motifs is 1. The highest BCUT2D eigenvalue weighted by Crippen LogP contribution is 2.24. The van der Waals surface area contributed by atoms with Crippen molar-refractivity contribution in [3.63, 3.8) is 0 Å². The lowest BCUT2D eigenvalue weighted by atomic mass is 10.1. The summed E-state index contributed by atoms with van der Waals surface area (Å²) < 4.78 is 18.9. The molecule has 0 saturated carbocycles. The van der Waals surface area contributed by atoms with Crippen LogP contribution in [0.15, 0.2) is 82.0 Å². The monoisotopic (exact) mass is 373 g/mol. The van der Waals surface area contributed by atoms with E-state index in [1.54, 1.807) is 18.2 Å². The van der Waals surface area contributed by atoms with Gasteiger partial charge in [-0.2, -0.15) is 0 Å². The Labute approximate surface area is 160 Å². The van der Waals surface area contributed by atoms with Gasteiger partial charge in [-0.05, 0) is 49.4 Å². The van der Waals surface area contributed by atoms with Crippen LogP contribution in [-0.2, 0) is 0 Å². The fourth-order valence-electron chi connectivity index (χ4n) is 2.90. The maximum atomic E-state index is 13.0. The molecular formula is C23H16FNO3. The molecule has 0 radical (unpaired) electrons. The number of nitrogens with one attached hydrogen (secondary N) is 1. The molecule has 0 aliphatic heterocycles. The van der Waals surface area contributed by atoms with Gasteiger partial charge in [0.25, 0.3) is 5.91 Å². The summed E-state index contributed by atoms with van der Waals surface area (Å²) in [7, 11) is 0. The Balaban J connectivity index is 1.66. The molecule has 5 heteroatoms. The van der Waals surface area contributed by atoms with Gasteiger partial charge in [-0.3, -0.25) is 9.59 Å². The number of rotatable bonds is 3. The summed E-state index contributed by atoms with van der Waals surface area (Å²) in [5.74, 6) is -0.315. The van der Waals surface area contributed by atoms with Crippen molar-refractivity contribution in [1.29, 1.82) is 0 Å². The van der Waals surface area contributed by atoms with Crippen LogP contribution >= 0.6 is 0 Å². The van der Waals surface area contributed by atoms with Crippen molar-refractivity contribution in [3.8, 4) is 11.3 Å². The second-order valence-corrected chi connectivity index (χ2v) is 6.51. The average Bonchev–Trinajstić information content (AvgIpc) is 2.69. The van der Waals surface area contributed by atoms with Gasteiger partial charge in [0.2, 0.25) is 0 Å². The third-order valence-corrected chi connectivity index (χ3v) is 4.43. The zero-order valence-corrected chi connectivity index (χ0v) is 15.0. The second-order valence-electron chi connectivity index (χ2n) is 6.51. The molecule has 0 spiro atoms. The molecule has 4 nitrogen and oxygen atoms in total. The number of carbonyl (C=O) groups is 1. The van der Waals surface area contributed by atoms with Crippen molar-refractivity contribution < 1.29 is 13.6 Å². The van der Waals surface area contributed by atoms with Gasteiger partial charge in [0, 0.05) is 22.9 Å². The fourth-order valence-corrected chi connectivity index (χ4v) is 2.90. The van der Waals surface area contributed by atoms with Crippen molar-refractivity contribution >= 4 is 22.6 Å². The molecule has 0 atom stereocenters. The molecule has 0 fully saturated rings. The number of benzene rings is 3. The Morgan fingerprint density at radius 1 is 0.929 bits per heavy atom. The van der Waals surface area contributed by atoms with Gasteiger partial charge in [0.1, 0.15) is 17.2 Å². The van der Waals surface area contributed by atoms with Crippen LogP contribution in [0, 0.1) is 12.7 Å². The molecule has 0 unspecified atom stereocenters. The molecule has 4 aromatic rings. The number of amides is 1. The predicted molar refractivity (Wildman–Crippen MR) is 107 cm³/mol. The second kappa shape index (κ2) is 7.12. The van der Waals surface area contributed by atoms with E-state index in [1.165, 1.54) is 30.3 Å². The highest BCUT2D eigenvalue weighted by Gasteiger charge is 2.10. The van der Waals surface area contributed by atoms with E-state index in [1.807, 2.05) is 31.2 Å². The van der Waals surface area contributed by atoms with E-state index in [2.05, 4.69) is 5.32 Å². The first-order valence-electron chi connectivity index (χ1n) is 8.71. The number of aryl methyl sites for hydroxylation is 1. The molecule has 138 valence electrons. The van der Waals surface area contributed by atoms with Gasteiger partial charge >= 0.3 is 0 Å². The third kappa shape index (κ3) is 3.55. The van der Waals surface area contributed by atoms with Crippen LogP contribution in [0.3, 0.4) is 0 Å². The smallest absolute Gasteiger partial charge is 0.255 e. The minimum atomic E-state index is -0.413. The van der Waals surface area contributed by atoms with Gasteiger partial charge in [-0.15, -0.1) is 0 Å². The maximum Gasteiger partial charge on any atom is 0.255 e. The topological polar surface area (TPSA) is 59.3 Å². The van der Waals surface area contributed by atoms with Crippen LogP contribution in [0.4, 0.5) is 10.1 Å². The Morgan fingerprint density at radius 2 is 1.64 bits per heavy atom. The Kier molecular flexibility index (Phi) is 4.49. The number of halogens is 1. The summed E-state index contributed by atoms with van der Waals surface area (Å²) in [4.78, 5) is 24.8. The van der Waals surface area contributed by atoms with Crippen LogP contribution in [0.2, 0.25) is 0 Å². The summed E-state index contributed by atoms with van der Waals surface area (Å²) in [5, 5.41) is 3.08. The van der Waals surface area contributed by atoms with E-state index in [0.717, 1.165) is 11.1 Å². The molecule has 0 aliphatic carbocycles. The van der Waals surface area contributed by atoms with Crippen molar-refractivity contribution in [3.05, 3.63) is 100.0 Å². The molecule has 4 rings (SSSR count). The fraction of sp³-hybridized carbons (Fsp3) is 0.0435. The maximum absolute atomic E-state index is 13.0. The van der Waals surface area contributed by atoms with E-state index < -0.39 is 5.82 Å². The van der Waals surface area contributed by atoms with Crippen LogP contribution < -0.4 is 10.7 Å². The molecule has 1 N–H and O–H groups in total. The van der Waals surface area contributed by atoms with E-state index in [0.29, 0.717) is 28.0 Å². The predicted octanol–water partition coefficient (Wildman–Crippen LogP) is 5.16. The Bertz CT molecular complexity index is 1230. The first-order valence-corrected chi connectivity index (χ1v) is 8.71. The van der Waals surface area contributed by atoms with Crippen LogP contribution in [-0.4, -0.2) is 5.91 Å². The average molecular weight is 373 g/mol. The molecule has 3 aromatic carbocycles. The first-order chi connectivity index (χ1) is 13.5. The molecule has 28 heavy (non-hydrogen) atoms. The lowest BCUT2D eigenvalue weighted by molar-refractivity contribution is 0.102. The van der Waals surface area contributed by atoms with E-state index in [4.69, 9.17) is 4.42 Å². The first kappa shape index (κ1) is 17.7. The van der Waals surface area contributed by atoms with Crippen molar-refractivity contribution in [2.24, 2.45) is 0 Å². The Morgan fingerprint density at radius 3 is 2.36 bits per heavy atom. The lowest BCUT2D eigenvalue weighted by Gasteiger charge is -2.08. The van der Waals surface area contributed by atoms with Crippen molar-refractivity contribution in [1.82, 2.24) is 0 Å². The van der Waals surface area contributed by atoms with Crippen molar-refractivity contribution in [2.75, 3.05) is 5.32 Å². The lowest BCUT2D eigenvalue weighted by Crippen LogP contribution is -2.12. The quantitative estimate of drug-likeness (QED) is 0.540. The number of anilines is 1. The highest BCUT2D eigenvalue weighted by atomic mass is 19.1. The van der Waals surface area contributed by atoms with Crippen LogP contribution in [0.25, 0.3) is 22.3 Å². The molecule has 0 aliphatic rings. The van der Waals surface area contributed by atoms with E-state index in [9.17, 15) is 14.0 Å². The zero-order valence-electron chi connectivity index (χ0n) is 15.0. The summed E-state index contributed by atoms with van der Waals surface area (Å²) >= 11 is 0. The third-order valence-electron chi connectivity index (χ3n) is 4.43. The van der Waals surface area contributed by atoms with Crippen LogP contribution in [0.5, 0.6) is 0 Å². The van der Waals surface area contributed by atoms with E-state index >= 15 is 0 Å². The number of hydrogen-bond donors (Lipinski definition) is 1. The minimum Gasteiger partial charge on any atom is -0.456 e. The summed E-state index contributed by atoms with van der Waals surface area (Å²) in [5.41, 5.74) is 2.95. The number of hydrogen-bond acceptors (Lipinski definition) is 3. The van der Waals surface area contributed by atoms with Gasteiger partial charge in [-0.25, -0.2) is 4.39 Å². The van der Waals surface area contributed by atoms with Crippen LogP contribution in [0.1, 0.15) is 15.9 Å². The molecular weight excluding hydrogens is 357 g/mol. The number of carbonyl (C=O) groups excluding carboxylic acids is 1. The van der Waals surface area contributed by atoms with E-state index in [-0.39, 0.29) is 11.3 Å². The zero-order chi connectivity index (χ0) is 19.7. The summed E-state index contributed by atoms with van der Waals surface area (Å²) in [6.07, 6.45) is 0. The molecule has 1 amide bonds. The Hall–Kier alpha value is -3.73. The van der Waals surface area contributed by atoms with Gasteiger partial charge in [0.15, 0.2) is 5.43 Å². The summed E-state index contributed by atoms with van der Waals surface area (Å²) in [6, 6.07) is 19.3. The molecule has 0 bridgehead atoms. The largest absolute Gasteiger partial charge is 0.456 e. The SMILES string of the molecule is Cc1ccc(-c2cc(=O)c3cc(NC(=O)c4ccc(F)cc4)ccc3o2)cc1. The molecule has 0 saturated heterocycles. The van der Waals surface area contributed by atoms with Gasteiger partial charge in [0.05, 0.1) is 5.39 Å². The molecule has 1 aromatic heterocycles. The minimum absolute atomic E-state index is 0.199. The summed E-state index contributed by atoms with van der Waals surface area (Å²) in [6.45, 7) is 1.99. The highest BCUT2D eigenvalue weighted by molar-refractivity contribution is 6.05. The van der Waals surface area contributed by atoms with Gasteiger partial charge in [-0.1, -0.05) is 29.8 Å². The normalized spacial score (nSPS) is 10.8.